The minimum Gasteiger partial charge on any atom is -0.332 e. The zero-order valence-corrected chi connectivity index (χ0v) is 19.0. The number of benzene rings is 2. The van der Waals surface area contributed by atoms with Gasteiger partial charge in [0.2, 0.25) is 5.91 Å². The number of amides is 4. The van der Waals surface area contributed by atoms with Crippen LogP contribution in [0.2, 0.25) is 0 Å². The largest absolute Gasteiger partial charge is 0.332 e. The molecule has 3 aromatic rings. The summed E-state index contributed by atoms with van der Waals surface area (Å²) in [7, 11) is 0. The van der Waals surface area contributed by atoms with Crippen molar-refractivity contribution in [2.45, 2.75) is 37.9 Å². The second-order valence-electron chi connectivity index (χ2n) is 8.56. The first kappa shape index (κ1) is 21.4. The van der Waals surface area contributed by atoms with E-state index < -0.39 is 11.6 Å². The second kappa shape index (κ2) is 8.83. The van der Waals surface area contributed by atoms with Crippen LogP contribution in [0, 0.1) is 0 Å². The minimum absolute atomic E-state index is 0.260. The van der Waals surface area contributed by atoms with Gasteiger partial charge in [-0.3, -0.25) is 14.5 Å². The van der Waals surface area contributed by atoms with Gasteiger partial charge in [-0.05, 0) is 41.8 Å². The van der Waals surface area contributed by atoms with Gasteiger partial charge in [-0.15, -0.1) is 11.3 Å². The van der Waals surface area contributed by atoms with Crippen molar-refractivity contribution in [3.05, 3.63) is 93.7 Å². The monoisotopic (exact) mass is 459 g/mol. The maximum absolute atomic E-state index is 13.5. The summed E-state index contributed by atoms with van der Waals surface area (Å²) in [5.41, 5.74) is 1.84. The molecule has 1 aromatic heterocycles. The van der Waals surface area contributed by atoms with Crippen LogP contribution in [0.25, 0.3) is 0 Å². The number of urea groups is 1. The van der Waals surface area contributed by atoms with Crippen LogP contribution >= 0.6 is 11.3 Å². The Hall–Kier alpha value is -3.45. The molecule has 0 radical (unpaired) electrons. The van der Waals surface area contributed by atoms with Crippen molar-refractivity contribution in [1.29, 1.82) is 0 Å². The van der Waals surface area contributed by atoms with E-state index in [1.807, 2.05) is 72.1 Å². The Labute approximate surface area is 196 Å². The molecule has 1 fully saturated rings. The van der Waals surface area contributed by atoms with Crippen LogP contribution in [0.15, 0.2) is 72.1 Å². The highest BCUT2D eigenvalue weighted by Crippen LogP contribution is 2.42. The van der Waals surface area contributed by atoms with Gasteiger partial charge in [0.25, 0.3) is 5.91 Å². The number of thiophene rings is 1. The predicted octanol–water partition coefficient (Wildman–Crippen LogP) is 4.06. The van der Waals surface area contributed by atoms with Gasteiger partial charge < -0.3 is 10.2 Å². The molecule has 2 aromatic carbocycles. The summed E-state index contributed by atoms with van der Waals surface area (Å²) in [4.78, 5) is 43.7. The Kier molecular flexibility index (Phi) is 5.72. The standard InChI is InChI=1S/C26H25N3O3S/c30-23(28(16-19-8-3-1-4-9-19)17-20-10-5-2-6-11-20)18-29-24(31)26(27-25(29)32)14-7-12-22-21(26)13-15-33-22/h1-6,8-11,13,15H,7,12,14,16-18H2,(H,27,32)/t26-/m0/s1. The van der Waals surface area contributed by atoms with E-state index in [0.717, 1.165) is 39.3 Å². The summed E-state index contributed by atoms with van der Waals surface area (Å²) >= 11 is 1.61. The number of imide groups is 1. The number of hydrogen-bond acceptors (Lipinski definition) is 4. The van der Waals surface area contributed by atoms with Gasteiger partial charge in [-0.2, -0.15) is 0 Å². The average molecular weight is 460 g/mol. The Morgan fingerprint density at radius 1 is 0.970 bits per heavy atom. The van der Waals surface area contributed by atoms with Crippen LogP contribution in [0.4, 0.5) is 4.79 Å². The lowest BCUT2D eigenvalue weighted by molar-refractivity contribution is -0.140. The fourth-order valence-electron chi connectivity index (χ4n) is 4.76. The average Bonchev–Trinajstić information content (AvgIpc) is 3.40. The Morgan fingerprint density at radius 2 is 1.61 bits per heavy atom. The third-order valence-corrected chi connectivity index (χ3v) is 7.40. The molecule has 0 saturated carbocycles. The SMILES string of the molecule is O=C(CN1C(=O)N[C@]2(CCCc3sccc32)C1=O)N(Cc1ccccc1)Cc1ccccc1. The van der Waals surface area contributed by atoms with E-state index in [0.29, 0.717) is 19.5 Å². The van der Waals surface area contributed by atoms with Crippen LogP contribution in [0.1, 0.15) is 34.4 Å². The lowest BCUT2D eigenvalue weighted by atomic mass is 9.80. The van der Waals surface area contributed by atoms with Crippen LogP contribution in [0.5, 0.6) is 0 Å². The molecule has 1 aliphatic carbocycles. The molecule has 0 bridgehead atoms. The molecule has 168 valence electrons. The van der Waals surface area contributed by atoms with E-state index in [1.54, 1.807) is 16.2 Å². The van der Waals surface area contributed by atoms with Gasteiger partial charge in [0.05, 0.1) is 0 Å². The zero-order chi connectivity index (χ0) is 22.8. The first-order valence-electron chi connectivity index (χ1n) is 11.1. The zero-order valence-electron chi connectivity index (χ0n) is 18.2. The molecule has 1 atom stereocenters. The van der Waals surface area contributed by atoms with Crippen LogP contribution in [-0.4, -0.2) is 34.2 Å². The van der Waals surface area contributed by atoms with E-state index in [-0.39, 0.29) is 18.4 Å². The van der Waals surface area contributed by atoms with E-state index in [9.17, 15) is 14.4 Å². The van der Waals surface area contributed by atoms with E-state index in [2.05, 4.69) is 5.32 Å². The van der Waals surface area contributed by atoms with Crippen molar-refractivity contribution >= 4 is 29.2 Å². The molecule has 1 N–H and O–H groups in total. The van der Waals surface area contributed by atoms with Gasteiger partial charge in [0, 0.05) is 23.5 Å². The lowest BCUT2D eigenvalue weighted by Crippen LogP contribution is -2.47. The van der Waals surface area contributed by atoms with Crippen molar-refractivity contribution in [3.63, 3.8) is 0 Å². The molecule has 4 amide bonds. The molecule has 5 rings (SSSR count). The summed E-state index contributed by atoms with van der Waals surface area (Å²) in [5.74, 6) is -0.579. The summed E-state index contributed by atoms with van der Waals surface area (Å²) in [6.45, 7) is 0.529. The summed E-state index contributed by atoms with van der Waals surface area (Å²) in [6.07, 6.45) is 2.30. The van der Waals surface area contributed by atoms with Crippen molar-refractivity contribution in [2.24, 2.45) is 0 Å². The third-order valence-electron chi connectivity index (χ3n) is 6.42. The predicted molar refractivity (Wildman–Crippen MR) is 126 cm³/mol. The molecule has 6 nitrogen and oxygen atoms in total. The third kappa shape index (κ3) is 4.04. The van der Waals surface area contributed by atoms with E-state index >= 15 is 0 Å². The van der Waals surface area contributed by atoms with Gasteiger partial charge in [-0.25, -0.2) is 4.79 Å². The number of carbonyl (C=O) groups is 3. The van der Waals surface area contributed by atoms with Gasteiger partial charge in [-0.1, -0.05) is 60.7 Å². The molecular formula is C26H25N3O3S. The lowest BCUT2D eigenvalue weighted by Gasteiger charge is -2.31. The minimum atomic E-state index is -1.03. The first-order chi connectivity index (χ1) is 16.1. The number of nitrogens with one attached hydrogen (secondary N) is 1. The molecular weight excluding hydrogens is 434 g/mol. The molecule has 33 heavy (non-hydrogen) atoms. The fourth-order valence-corrected chi connectivity index (χ4v) is 5.76. The topological polar surface area (TPSA) is 69.7 Å². The van der Waals surface area contributed by atoms with E-state index in [1.165, 1.54) is 0 Å². The number of hydrogen-bond donors (Lipinski definition) is 1. The molecule has 2 aliphatic rings. The normalized spacial score (nSPS) is 19.5. The number of fused-ring (bicyclic) bond motifs is 2. The number of carbonyl (C=O) groups excluding carboxylic acids is 3. The number of rotatable bonds is 6. The highest BCUT2D eigenvalue weighted by Gasteiger charge is 2.54. The van der Waals surface area contributed by atoms with Gasteiger partial charge in [0.15, 0.2) is 0 Å². The smallest absolute Gasteiger partial charge is 0.325 e. The quantitative estimate of drug-likeness (QED) is 0.565. The van der Waals surface area contributed by atoms with Crippen molar-refractivity contribution < 1.29 is 14.4 Å². The summed E-state index contributed by atoms with van der Waals surface area (Å²) < 4.78 is 0. The Balaban J connectivity index is 1.38. The Morgan fingerprint density at radius 3 is 2.24 bits per heavy atom. The molecule has 1 saturated heterocycles. The number of nitrogens with zero attached hydrogens (tertiary/aromatic N) is 2. The van der Waals surface area contributed by atoms with Crippen molar-refractivity contribution in [3.8, 4) is 0 Å². The van der Waals surface area contributed by atoms with Crippen molar-refractivity contribution in [2.75, 3.05) is 6.54 Å². The van der Waals surface area contributed by atoms with Crippen LogP contribution < -0.4 is 5.32 Å². The first-order valence-corrected chi connectivity index (χ1v) is 12.0. The fraction of sp³-hybridized carbons (Fsp3) is 0.269. The molecule has 1 spiro atoms. The molecule has 7 heteroatoms. The summed E-state index contributed by atoms with van der Waals surface area (Å²) in [5, 5.41) is 4.89. The van der Waals surface area contributed by atoms with Gasteiger partial charge in [0.1, 0.15) is 12.1 Å². The highest BCUT2D eigenvalue weighted by atomic mass is 32.1. The molecule has 1 aliphatic heterocycles. The number of aryl methyl sites for hydroxylation is 1. The van der Waals surface area contributed by atoms with Gasteiger partial charge >= 0.3 is 6.03 Å². The van der Waals surface area contributed by atoms with Crippen LogP contribution in [-0.2, 0) is 34.6 Å². The van der Waals surface area contributed by atoms with E-state index in [4.69, 9.17) is 0 Å². The highest BCUT2D eigenvalue weighted by molar-refractivity contribution is 7.10. The Bertz CT molecular complexity index is 1140. The van der Waals surface area contributed by atoms with Crippen molar-refractivity contribution in [1.82, 2.24) is 15.1 Å². The maximum atomic E-state index is 13.5. The summed E-state index contributed by atoms with van der Waals surface area (Å²) in [6, 6.07) is 20.9. The van der Waals surface area contributed by atoms with Crippen LogP contribution in [0.3, 0.4) is 0 Å². The second-order valence-corrected chi connectivity index (χ2v) is 9.56. The molecule has 0 unspecified atom stereocenters. The maximum Gasteiger partial charge on any atom is 0.325 e. The molecule has 2 heterocycles.